The minimum atomic E-state index is -3.79. The quantitative estimate of drug-likeness (QED) is 0.870. The molecule has 2 N–H and O–H groups in total. The first-order valence-electron chi connectivity index (χ1n) is 6.24. The van der Waals surface area contributed by atoms with Gasteiger partial charge >= 0.3 is 0 Å². The van der Waals surface area contributed by atoms with Crippen LogP contribution in [0.5, 0.6) is 0 Å². The molecule has 2 rings (SSSR count). The van der Waals surface area contributed by atoms with Crippen LogP contribution in [0.3, 0.4) is 0 Å². The van der Waals surface area contributed by atoms with Crippen molar-refractivity contribution in [1.29, 1.82) is 0 Å². The van der Waals surface area contributed by atoms with Crippen LogP contribution in [0.15, 0.2) is 21.5 Å². The van der Waals surface area contributed by atoms with Crippen LogP contribution < -0.4 is 5.73 Å². The van der Waals surface area contributed by atoms with E-state index in [-0.39, 0.29) is 27.0 Å². The number of benzene rings is 1. The second-order valence-electron chi connectivity index (χ2n) is 4.70. The summed E-state index contributed by atoms with van der Waals surface area (Å²) in [4.78, 5) is -0.0964. The van der Waals surface area contributed by atoms with E-state index in [0.717, 1.165) is 31.4 Å². The molecule has 0 radical (unpaired) electrons. The van der Waals surface area contributed by atoms with Crippen LogP contribution >= 0.6 is 27.5 Å². The van der Waals surface area contributed by atoms with Crippen molar-refractivity contribution in [3.63, 3.8) is 0 Å². The fourth-order valence-corrected chi connectivity index (χ4v) is 5.88. The highest BCUT2D eigenvalue weighted by molar-refractivity contribution is 9.10. The summed E-state index contributed by atoms with van der Waals surface area (Å²) < 4.78 is 40.2. The van der Waals surface area contributed by atoms with Crippen LogP contribution in [-0.2, 0) is 10.0 Å². The Bertz CT molecular complexity index is 588. The molecule has 8 heteroatoms. The van der Waals surface area contributed by atoms with Crippen LogP contribution in [0.4, 0.5) is 4.39 Å². The van der Waals surface area contributed by atoms with Crippen molar-refractivity contribution in [3.8, 4) is 0 Å². The number of nitrogens with two attached hydrogens (primary N) is 1. The van der Waals surface area contributed by atoms with Crippen LogP contribution in [0.2, 0.25) is 5.02 Å². The Hall–Kier alpha value is -0.210. The molecule has 0 amide bonds. The minimum absolute atomic E-state index is 0.0964. The summed E-state index contributed by atoms with van der Waals surface area (Å²) in [7, 11) is -3.79. The fourth-order valence-electron chi connectivity index (χ4n) is 2.42. The highest BCUT2D eigenvalue weighted by Gasteiger charge is 2.35. The van der Waals surface area contributed by atoms with Crippen LogP contribution in [0, 0.1) is 5.82 Å². The van der Waals surface area contributed by atoms with E-state index >= 15 is 0 Å². The van der Waals surface area contributed by atoms with Gasteiger partial charge in [-0.3, -0.25) is 0 Å². The third kappa shape index (κ3) is 3.01. The summed E-state index contributed by atoms with van der Waals surface area (Å²) in [5, 5.41) is -0.127. The molecule has 20 heavy (non-hydrogen) atoms. The topological polar surface area (TPSA) is 63.4 Å². The number of halogens is 3. The lowest BCUT2D eigenvalue weighted by Crippen LogP contribution is -2.47. The van der Waals surface area contributed by atoms with Gasteiger partial charge < -0.3 is 5.73 Å². The Morgan fingerprint density at radius 1 is 1.45 bits per heavy atom. The molecule has 1 saturated heterocycles. The van der Waals surface area contributed by atoms with E-state index in [2.05, 4.69) is 15.9 Å². The van der Waals surface area contributed by atoms with Crippen molar-refractivity contribution in [1.82, 2.24) is 4.31 Å². The van der Waals surface area contributed by atoms with Crippen molar-refractivity contribution in [2.24, 2.45) is 5.73 Å². The third-order valence-corrected chi connectivity index (χ3v) is 6.73. The van der Waals surface area contributed by atoms with Gasteiger partial charge in [0.25, 0.3) is 0 Å². The van der Waals surface area contributed by atoms with Gasteiger partial charge in [0.15, 0.2) is 0 Å². The summed E-state index contributed by atoms with van der Waals surface area (Å²) in [5.74, 6) is -0.588. The molecular weight excluding hydrogens is 371 g/mol. The Morgan fingerprint density at radius 3 is 2.75 bits per heavy atom. The molecule has 1 heterocycles. The molecular formula is C12H15BrClFN2O2S. The Labute approximate surface area is 131 Å². The van der Waals surface area contributed by atoms with Gasteiger partial charge in [0, 0.05) is 23.6 Å². The maximum Gasteiger partial charge on any atom is 0.245 e. The van der Waals surface area contributed by atoms with Gasteiger partial charge in [0.2, 0.25) is 10.0 Å². The number of piperidine rings is 1. The fraction of sp³-hybridized carbons (Fsp3) is 0.500. The van der Waals surface area contributed by atoms with Crippen molar-refractivity contribution in [3.05, 3.63) is 27.4 Å². The van der Waals surface area contributed by atoms with Gasteiger partial charge in [-0.05, 0) is 40.9 Å². The SMILES string of the molecule is NCC1CCCCN1S(=O)(=O)c1c(Cl)cc(F)cc1Br. The zero-order valence-electron chi connectivity index (χ0n) is 10.7. The molecule has 1 unspecified atom stereocenters. The highest BCUT2D eigenvalue weighted by Crippen LogP contribution is 2.35. The average molecular weight is 386 g/mol. The first-order valence-corrected chi connectivity index (χ1v) is 8.85. The van der Waals surface area contributed by atoms with Gasteiger partial charge in [-0.2, -0.15) is 4.31 Å². The summed E-state index contributed by atoms with van der Waals surface area (Å²) in [5.41, 5.74) is 5.66. The van der Waals surface area contributed by atoms with Gasteiger partial charge in [-0.25, -0.2) is 12.8 Å². The van der Waals surface area contributed by atoms with Crippen LogP contribution in [0.1, 0.15) is 19.3 Å². The van der Waals surface area contributed by atoms with Crippen molar-refractivity contribution >= 4 is 37.6 Å². The van der Waals surface area contributed by atoms with Crippen molar-refractivity contribution < 1.29 is 12.8 Å². The first-order chi connectivity index (χ1) is 9.37. The lowest BCUT2D eigenvalue weighted by atomic mass is 10.1. The molecule has 1 aromatic rings. The van der Waals surface area contributed by atoms with Crippen molar-refractivity contribution in [2.45, 2.75) is 30.2 Å². The van der Waals surface area contributed by atoms with E-state index in [0.29, 0.717) is 6.54 Å². The first kappa shape index (κ1) is 16.2. The predicted molar refractivity (Wildman–Crippen MR) is 79.7 cm³/mol. The Morgan fingerprint density at radius 2 is 2.15 bits per heavy atom. The van der Waals surface area contributed by atoms with Gasteiger partial charge in [0.05, 0.1) is 5.02 Å². The van der Waals surface area contributed by atoms with Gasteiger partial charge in [-0.1, -0.05) is 18.0 Å². The lowest BCUT2D eigenvalue weighted by Gasteiger charge is -2.34. The predicted octanol–water partition coefficient (Wildman–Crippen LogP) is 2.74. The number of hydrogen-bond donors (Lipinski definition) is 1. The van der Waals surface area contributed by atoms with Crippen LogP contribution in [0.25, 0.3) is 0 Å². The maximum atomic E-state index is 13.2. The number of rotatable bonds is 3. The Kier molecular flexibility index (Phi) is 5.07. The Balaban J connectivity index is 2.49. The average Bonchev–Trinajstić information content (AvgIpc) is 2.37. The largest absolute Gasteiger partial charge is 0.329 e. The molecule has 1 aromatic carbocycles. The van der Waals surface area contributed by atoms with E-state index in [1.807, 2.05) is 0 Å². The number of hydrogen-bond acceptors (Lipinski definition) is 3. The molecule has 0 aliphatic carbocycles. The van der Waals surface area contributed by atoms with Gasteiger partial charge in [-0.15, -0.1) is 0 Å². The number of nitrogens with zero attached hydrogens (tertiary/aromatic N) is 1. The molecule has 0 aromatic heterocycles. The lowest BCUT2D eigenvalue weighted by molar-refractivity contribution is 0.257. The second-order valence-corrected chi connectivity index (χ2v) is 7.79. The molecule has 1 aliphatic heterocycles. The minimum Gasteiger partial charge on any atom is -0.329 e. The van der Waals surface area contributed by atoms with E-state index in [9.17, 15) is 12.8 Å². The number of sulfonamides is 1. The van der Waals surface area contributed by atoms with E-state index in [1.165, 1.54) is 4.31 Å². The van der Waals surface area contributed by atoms with E-state index in [4.69, 9.17) is 17.3 Å². The summed E-state index contributed by atoms with van der Waals surface area (Å²) in [6.07, 6.45) is 2.46. The molecule has 1 aliphatic rings. The van der Waals surface area contributed by atoms with Crippen molar-refractivity contribution in [2.75, 3.05) is 13.1 Å². The van der Waals surface area contributed by atoms with E-state index < -0.39 is 15.8 Å². The molecule has 0 saturated carbocycles. The molecule has 112 valence electrons. The van der Waals surface area contributed by atoms with Crippen LogP contribution in [-0.4, -0.2) is 31.9 Å². The zero-order chi connectivity index (χ0) is 14.9. The smallest absolute Gasteiger partial charge is 0.245 e. The monoisotopic (exact) mass is 384 g/mol. The standard InChI is InChI=1S/C12H15BrClFN2O2S/c13-10-5-8(15)6-11(14)12(10)20(18,19)17-4-2-1-3-9(17)7-16/h5-6,9H,1-4,7,16H2. The summed E-state index contributed by atoms with van der Waals surface area (Å²) in [6.45, 7) is 0.667. The molecule has 0 spiro atoms. The molecule has 4 nitrogen and oxygen atoms in total. The maximum absolute atomic E-state index is 13.2. The molecule has 1 atom stereocenters. The normalized spacial score (nSPS) is 21.1. The summed E-state index contributed by atoms with van der Waals surface area (Å²) in [6, 6.07) is 1.86. The second kappa shape index (κ2) is 6.27. The van der Waals surface area contributed by atoms with Gasteiger partial charge in [0.1, 0.15) is 10.7 Å². The summed E-state index contributed by atoms with van der Waals surface area (Å²) >= 11 is 9.00. The molecule has 1 fully saturated rings. The highest BCUT2D eigenvalue weighted by atomic mass is 79.9. The third-order valence-electron chi connectivity index (χ3n) is 3.37. The van der Waals surface area contributed by atoms with E-state index in [1.54, 1.807) is 0 Å². The molecule has 0 bridgehead atoms. The zero-order valence-corrected chi connectivity index (χ0v) is 13.8.